The summed E-state index contributed by atoms with van der Waals surface area (Å²) in [6.07, 6.45) is 1.32. The first kappa shape index (κ1) is 13.4. The number of carbonyl (C=O) groups excluding carboxylic acids is 1. The van der Waals surface area contributed by atoms with Crippen LogP contribution in [0.2, 0.25) is 5.02 Å². The maximum absolute atomic E-state index is 12.1. The van der Waals surface area contributed by atoms with E-state index in [1.165, 1.54) is 6.21 Å². The summed E-state index contributed by atoms with van der Waals surface area (Å²) in [6.45, 7) is 0. The van der Waals surface area contributed by atoms with Crippen LogP contribution in [0.25, 0.3) is 5.76 Å². The van der Waals surface area contributed by atoms with Gasteiger partial charge in [-0.1, -0.05) is 41.9 Å². The summed E-state index contributed by atoms with van der Waals surface area (Å²) in [5.41, 5.74) is 4.66. The second kappa shape index (κ2) is 5.42. The first-order valence-electron chi connectivity index (χ1n) is 6.29. The van der Waals surface area contributed by atoms with E-state index in [4.69, 9.17) is 11.6 Å². The molecule has 0 fully saturated rings. The fraction of sp³-hybridized carbons (Fsp3) is 0. The molecular formula is C16H11ClN2O2. The van der Waals surface area contributed by atoms with Gasteiger partial charge in [-0.25, -0.2) is 0 Å². The average Bonchev–Trinajstić information content (AvgIpc) is 2.73. The summed E-state index contributed by atoms with van der Waals surface area (Å²) in [4.78, 5) is 12.1. The summed E-state index contributed by atoms with van der Waals surface area (Å²) < 4.78 is 0. The van der Waals surface area contributed by atoms with E-state index >= 15 is 0 Å². The minimum Gasteiger partial charge on any atom is -0.506 e. The van der Waals surface area contributed by atoms with Crippen LogP contribution in [-0.4, -0.2) is 17.1 Å². The van der Waals surface area contributed by atoms with Crippen LogP contribution in [0.4, 0.5) is 5.69 Å². The molecule has 4 nitrogen and oxygen atoms in total. The van der Waals surface area contributed by atoms with Gasteiger partial charge >= 0.3 is 0 Å². The molecule has 0 atom stereocenters. The smallest absolute Gasteiger partial charge is 0.199 e. The van der Waals surface area contributed by atoms with Crippen LogP contribution in [0.15, 0.2) is 59.2 Å². The lowest BCUT2D eigenvalue weighted by molar-refractivity contribution is 0.104. The van der Waals surface area contributed by atoms with E-state index < -0.39 is 0 Å². The van der Waals surface area contributed by atoms with E-state index in [2.05, 4.69) is 10.5 Å². The summed E-state index contributed by atoms with van der Waals surface area (Å²) >= 11 is 5.86. The molecule has 0 aliphatic heterocycles. The summed E-state index contributed by atoms with van der Waals surface area (Å²) in [5.74, 6) is -0.285. The third-order valence-corrected chi connectivity index (χ3v) is 3.37. The van der Waals surface area contributed by atoms with Gasteiger partial charge in [0.25, 0.3) is 0 Å². The van der Waals surface area contributed by atoms with E-state index in [0.29, 0.717) is 21.8 Å². The van der Waals surface area contributed by atoms with Crippen molar-refractivity contribution in [3.63, 3.8) is 0 Å². The van der Waals surface area contributed by atoms with Gasteiger partial charge in [0, 0.05) is 16.1 Å². The van der Waals surface area contributed by atoms with Crippen molar-refractivity contribution in [1.82, 2.24) is 0 Å². The molecule has 0 saturated carbocycles. The molecule has 1 aliphatic rings. The Labute approximate surface area is 126 Å². The molecule has 0 aromatic heterocycles. The summed E-state index contributed by atoms with van der Waals surface area (Å²) in [6, 6.07) is 13.9. The van der Waals surface area contributed by atoms with Crippen molar-refractivity contribution >= 4 is 35.0 Å². The molecule has 2 N–H and O–H groups in total. The number of aliphatic hydroxyl groups is 1. The molecule has 21 heavy (non-hydrogen) atoms. The average molecular weight is 299 g/mol. The topological polar surface area (TPSA) is 61.7 Å². The predicted octanol–water partition coefficient (Wildman–Crippen LogP) is 3.90. The van der Waals surface area contributed by atoms with Crippen molar-refractivity contribution in [3.05, 3.63) is 70.3 Å². The first-order chi connectivity index (χ1) is 10.2. The number of allylic oxidation sites excluding steroid dienone is 1. The Balaban J connectivity index is 1.81. The highest BCUT2D eigenvalue weighted by Gasteiger charge is 2.27. The number of nitrogens with zero attached hydrogens (tertiary/aromatic N) is 1. The molecule has 0 heterocycles. The lowest BCUT2D eigenvalue weighted by Gasteiger charge is -2.00. The van der Waals surface area contributed by atoms with Gasteiger partial charge in [0.2, 0.25) is 0 Å². The van der Waals surface area contributed by atoms with Crippen molar-refractivity contribution in [2.75, 3.05) is 5.43 Å². The Bertz CT molecular complexity index is 781. The number of fused-ring (bicyclic) bond motifs is 1. The number of nitrogens with one attached hydrogen (secondary N) is 1. The molecule has 0 unspecified atom stereocenters. The zero-order valence-electron chi connectivity index (χ0n) is 10.9. The number of hydrazone groups is 1. The Morgan fingerprint density at radius 2 is 1.86 bits per heavy atom. The van der Waals surface area contributed by atoms with Gasteiger partial charge in [-0.15, -0.1) is 0 Å². The van der Waals surface area contributed by atoms with E-state index in [1.54, 1.807) is 48.5 Å². The van der Waals surface area contributed by atoms with Crippen LogP contribution in [0.1, 0.15) is 15.9 Å². The van der Waals surface area contributed by atoms with Crippen LogP contribution in [0.5, 0.6) is 0 Å². The van der Waals surface area contributed by atoms with Gasteiger partial charge in [-0.2, -0.15) is 5.10 Å². The van der Waals surface area contributed by atoms with Crippen molar-refractivity contribution in [2.24, 2.45) is 5.10 Å². The van der Waals surface area contributed by atoms with Crippen molar-refractivity contribution in [3.8, 4) is 0 Å². The molecule has 0 bridgehead atoms. The van der Waals surface area contributed by atoms with E-state index in [0.717, 1.165) is 0 Å². The van der Waals surface area contributed by atoms with Crippen LogP contribution in [-0.2, 0) is 0 Å². The zero-order chi connectivity index (χ0) is 14.8. The number of Topliss-reactive ketones (excluding diaryl/α,β-unsaturated/α-hetero) is 1. The number of rotatable bonds is 3. The van der Waals surface area contributed by atoms with Crippen molar-refractivity contribution in [2.45, 2.75) is 0 Å². The fourth-order valence-corrected chi connectivity index (χ4v) is 2.32. The number of carbonyl (C=O) groups is 1. The molecule has 5 heteroatoms. The molecule has 2 aromatic carbocycles. The standard InChI is InChI=1S/C16H11ClN2O2/c17-10-4-3-5-11(8-10)19-18-9-14-15(20)12-6-1-2-7-13(12)16(14)21/h1-9,19-20H. The third kappa shape index (κ3) is 2.53. The van der Waals surface area contributed by atoms with Crippen molar-refractivity contribution in [1.29, 1.82) is 0 Å². The second-order valence-electron chi connectivity index (χ2n) is 4.52. The van der Waals surface area contributed by atoms with Gasteiger partial charge in [0.15, 0.2) is 5.78 Å². The van der Waals surface area contributed by atoms with Crippen LogP contribution in [0, 0.1) is 0 Å². The van der Waals surface area contributed by atoms with Crippen LogP contribution in [0.3, 0.4) is 0 Å². The molecule has 2 aromatic rings. The highest BCUT2D eigenvalue weighted by molar-refractivity contribution is 6.31. The van der Waals surface area contributed by atoms with Crippen molar-refractivity contribution < 1.29 is 9.90 Å². The number of hydrogen-bond donors (Lipinski definition) is 2. The molecule has 0 spiro atoms. The first-order valence-corrected chi connectivity index (χ1v) is 6.66. The monoisotopic (exact) mass is 298 g/mol. The normalized spacial score (nSPS) is 13.9. The number of hydrogen-bond acceptors (Lipinski definition) is 4. The minimum atomic E-state index is -0.236. The van der Waals surface area contributed by atoms with Gasteiger partial charge in [0.1, 0.15) is 5.76 Å². The van der Waals surface area contributed by atoms with Gasteiger partial charge in [0.05, 0.1) is 17.5 Å². The Morgan fingerprint density at radius 1 is 1.10 bits per heavy atom. The Hall–Kier alpha value is -2.59. The molecule has 1 aliphatic carbocycles. The summed E-state index contributed by atoms with van der Waals surface area (Å²) in [7, 11) is 0. The quantitative estimate of drug-likeness (QED) is 0.667. The largest absolute Gasteiger partial charge is 0.506 e. The highest BCUT2D eigenvalue weighted by Crippen LogP contribution is 2.29. The molecule has 104 valence electrons. The maximum Gasteiger partial charge on any atom is 0.199 e. The van der Waals surface area contributed by atoms with E-state index in [-0.39, 0.29) is 17.1 Å². The number of anilines is 1. The second-order valence-corrected chi connectivity index (χ2v) is 4.95. The summed E-state index contributed by atoms with van der Waals surface area (Å²) in [5, 5.41) is 14.6. The van der Waals surface area contributed by atoms with Gasteiger partial charge in [-0.3, -0.25) is 10.2 Å². The lowest BCUT2D eigenvalue weighted by atomic mass is 10.1. The molecule has 0 amide bonds. The third-order valence-electron chi connectivity index (χ3n) is 3.14. The Kier molecular flexibility index (Phi) is 3.46. The number of benzene rings is 2. The van der Waals surface area contributed by atoms with Crippen LogP contribution >= 0.6 is 11.6 Å². The van der Waals surface area contributed by atoms with E-state index in [9.17, 15) is 9.90 Å². The lowest BCUT2D eigenvalue weighted by Crippen LogP contribution is -2.01. The molecule has 3 rings (SSSR count). The molecule has 0 saturated heterocycles. The van der Waals surface area contributed by atoms with Gasteiger partial charge < -0.3 is 5.11 Å². The fourth-order valence-electron chi connectivity index (χ4n) is 2.13. The molecular weight excluding hydrogens is 288 g/mol. The minimum absolute atomic E-state index is 0.0488. The predicted molar refractivity (Wildman–Crippen MR) is 83.9 cm³/mol. The molecule has 0 radical (unpaired) electrons. The van der Waals surface area contributed by atoms with Crippen LogP contribution < -0.4 is 5.43 Å². The Morgan fingerprint density at radius 3 is 2.57 bits per heavy atom. The van der Waals surface area contributed by atoms with Gasteiger partial charge in [-0.05, 0) is 18.2 Å². The number of ketones is 1. The number of aliphatic hydroxyl groups excluding tert-OH is 1. The zero-order valence-corrected chi connectivity index (χ0v) is 11.6. The number of halogens is 1. The maximum atomic E-state index is 12.1. The van der Waals surface area contributed by atoms with E-state index in [1.807, 2.05) is 0 Å². The highest BCUT2D eigenvalue weighted by atomic mass is 35.5. The SMILES string of the molecule is O=C1C(C=NNc2cccc(Cl)c2)=C(O)c2ccccc21.